The predicted molar refractivity (Wildman–Crippen MR) is 127 cm³/mol. The highest BCUT2D eigenvalue weighted by atomic mass is 16.5. The van der Waals surface area contributed by atoms with Crippen molar-refractivity contribution in [2.75, 3.05) is 19.0 Å². The van der Waals surface area contributed by atoms with Gasteiger partial charge in [0.25, 0.3) is 5.91 Å². The zero-order valence-electron chi connectivity index (χ0n) is 18.7. The molecule has 1 aromatic heterocycles. The highest BCUT2D eigenvalue weighted by Crippen LogP contribution is 2.30. The van der Waals surface area contributed by atoms with Gasteiger partial charge in [0.15, 0.2) is 6.61 Å². The van der Waals surface area contributed by atoms with Crippen molar-refractivity contribution in [3.8, 4) is 22.9 Å². The van der Waals surface area contributed by atoms with Gasteiger partial charge in [-0.15, -0.1) is 0 Å². The first-order valence-electron chi connectivity index (χ1n) is 10.5. The Kier molecular flexibility index (Phi) is 5.86. The molecule has 0 fully saturated rings. The maximum Gasteiger partial charge on any atom is 0.262 e. The van der Waals surface area contributed by atoms with E-state index in [1.807, 2.05) is 66.7 Å². The first-order chi connectivity index (χ1) is 15.3. The van der Waals surface area contributed by atoms with Gasteiger partial charge in [0.05, 0.1) is 23.8 Å². The minimum Gasteiger partial charge on any atom is -0.495 e. The number of benzene rings is 3. The van der Waals surface area contributed by atoms with E-state index in [1.54, 1.807) is 7.11 Å². The number of hydrogen-bond donors (Lipinski definition) is 2. The number of aromatic amines is 1. The quantitative estimate of drug-likeness (QED) is 0.421. The molecule has 0 radical (unpaired) electrons. The molecular formula is C26H27N3O3. The summed E-state index contributed by atoms with van der Waals surface area (Å²) in [5.74, 6) is 1.66. The van der Waals surface area contributed by atoms with Gasteiger partial charge >= 0.3 is 0 Å². The molecule has 0 aliphatic carbocycles. The van der Waals surface area contributed by atoms with Crippen LogP contribution in [0.25, 0.3) is 22.4 Å². The van der Waals surface area contributed by atoms with Crippen molar-refractivity contribution in [2.24, 2.45) is 0 Å². The van der Waals surface area contributed by atoms with Crippen LogP contribution in [-0.2, 0) is 10.2 Å². The zero-order chi connectivity index (χ0) is 22.7. The molecule has 1 heterocycles. The van der Waals surface area contributed by atoms with Gasteiger partial charge in [-0.05, 0) is 53.4 Å². The number of rotatable bonds is 6. The average molecular weight is 430 g/mol. The topological polar surface area (TPSA) is 76.2 Å². The monoisotopic (exact) mass is 429 g/mol. The smallest absolute Gasteiger partial charge is 0.262 e. The van der Waals surface area contributed by atoms with Crippen molar-refractivity contribution in [3.63, 3.8) is 0 Å². The van der Waals surface area contributed by atoms with E-state index in [4.69, 9.17) is 9.47 Å². The third kappa shape index (κ3) is 4.75. The average Bonchev–Trinajstić information content (AvgIpc) is 3.22. The van der Waals surface area contributed by atoms with E-state index in [0.29, 0.717) is 17.2 Å². The van der Waals surface area contributed by atoms with Gasteiger partial charge in [0.1, 0.15) is 17.3 Å². The largest absolute Gasteiger partial charge is 0.495 e. The molecule has 0 saturated heterocycles. The van der Waals surface area contributed by atoms with Crippen molar-refractivity contribution in [3.05, 3.63) is 72.3 Å². The normalized spacial score (nSPS) is 11.4. The Bertz CT molecular complexity index is 1200. The van der Waals surface area contributed by atoms with Crippen molar-refractivity contribution in [2.45, 2.75) is 26.2 Å². The summed E-state index contributed by atoms with van der Waals surface area (Å²) < 4.78 is 11.1. The molecule has 0 aliphatic heterocycles. The molecular weight excluding hydrogens is 402 g/mol. The number of ether oxygens (including phenoxy) is 2. The summed E-state index contributed by atoms with van der Waals surface area (Å²) in [6.07, 6.45) is 0. The summed E-state index contributed by atoms with van der Waals surface area (Å²) in [5.41, 5.74) is 4.52. The lowest BCUT2D eigenvalue weighted by Crippen LogP contribution is -2.20. The molecule has 0 aliphatic rings. The molecule has 4 aromatic rings. The fourth-order valence-corrected chi connectivity index (χ4v) is 3.43. The number of nitrogens with zero attached hydrogens (tertiary/aromatic N) is 1. The van der Waals surface area contributed by atoms with Gasteiger partial charge in [-0.1, -0.05) is 45.0 Å². The molecule has 3 aromatic carbocycles. The summed E-state index contributed by atoms with van der Waals surface area (Å²) in [4.78, 5) is 20.5. The first-order valence-corrected chi connectivity index (χ1v) is 10.5. The summed E-state index contributed by atoms with van der Waals surface area (Å²) in [7, 11) is 1.57. The van der Waals surface area contributed by atoms with Crippen LogP contribution in [0.3, 0.4) is 0 Å². The minimum atomic E-state index is -0.273. The molecule has 164 valence electrons. The number of imidazole rings is 1. The predicted octanol–water partition coefficient (Wildman–Crippen LogP) is 5.55. The molecule has 0 atom stereocenters. The number of H-pyrrole nitrogens is 1. The number of anilines is 1. The number of fused-ring (bicyclic) bond motifs is 1. The lowest BCUT2D eigenvalue weighted by Gasteiger charge is -2.19. The first kappa shape index (κ1) is 21.4. The van der Waals surface area contributed by atoms with Crippen molar-refractivity contribution >= 4 is 22.6 Å². The second-order valence-corrected chi connectivity index (χ2v) is 8.63. The molecule has 0 spiro atoms. The van der Waals surface area contributed by atoms with E-state index < -0.39 is 0 Å². The maximum atomic E-state index is 12.6. The van der Waals surface area contributed by atoms with Crippen molar-refractivity contribution < 1.29 is 14.3 Å². The Morgan fingerprint density at radius 1 is 1.03 bits per heavy atom. The second kappa shape index (κ2) is 8.75. The lowest BCUT2D eigenvalue weighted by molar-refractivity contribution is -0.118. The Morgan fingerprint density at radius 2 is 1.78 bits per heavy atom. The number of carbonyl (C=O) groups excluding carboxylic acids is 1. The molecule has 6 nitrogen and oxygen atoms in total. The number of methoxy groups -OCH3 is 1. The van der Waals surface area contributed by atoms with Gasteiger partial charge in [0, 0.05) is 5.56 Å². The molecule has 6 heteroatoms. The van der Waals surface area contributed by atoms with E-state index in [9.17, 15) is 4.79 Å². The summed E-state index contributed by atoms with van der Waals surface area (Å²) in [5, 5.41) is 2.88. The van der Waals surface area contributed by atoms with Crippen LogP contribution in [0, 0.1) is 0 Å². The van der Waals surface area contributed by atoms with E-state index in [1.165, 1.54) is 5.56 Å². The third-order valence-electron chi connectivity index (χ3n) is 5.23. The Balaban J connectivity index is 1.46. The van der Waals surface area contributed by atoms with Crippen LogP contribution in [-0.4, -0.2) is 29.6 Å². The van der Waals surface area contributed by atoms with Crippen LogP contribution in [0.4, 0.5) is 5.69 Å². The minimum absolute atomic E-state index is 0.0668. The van der Waals surface area contributed by atoms with Gasteiger partial charge in [-0.3, -0.25) is 4.79 Å². The van der Waals surface area contributed by atoms with E-state index >= 15 is 0 Å². The van der Waals surface area contributed by atoms with Crippen LogP contribution in [0.2, 0.25) is 0 Å². The zero-order valence-corrected chi connectivity index (χ0v) is 18.7. The van der Waals surface area contributed by atoms with Crippen LogP contribution < -0.4 is 14.8 Å². The third-order valence-corrected chi connectivity index (χ3v) is 5.23. The molecule has 0 bridgehead atoms. The Hall–Kier alpha value is -3.80. The fourth-order valence-electron chi connectivity index (χ4n) is 3.43. The van der Waals surface area contributed by atoms with E-state index in [0.717, 1.165) is 22.4 Å². The van der Waals surface area contributed by atoms with Gasteiger partial charge < -0.3 is 19.8 Å². The van der Waals surface area contributed by atoms with Crippen molar-refractivity contribution in [1.29, 1.82) is 0 Å². The number of amides is 1. The van der Waals surface area contributed by atoms with Crippen LogP contribution in [0.15, 0.2) is 66.7 Å². The van der Waals surface area contributed by atoms with Crippen LogP contribution >= 0.6 is 0 Å². The Morgan fingerprint density at radius 3 is 2.47 bits per heavy atom. The molecule has 2 N–H and O–H groups in total. The number of para-hydroxylation sites is 2. The lowest BCUT2D eigenvalue weighted by atomic mass is 9.87. The summed E-state index contributed by atoms with van der Waals surface area (Å²) >= 11 is 0. The molecule has 1 amide bonds. The maximum absolute atomic E-state index is 12.6. The van der Waals surface area contributed by atoms with Gasteiger partial charge in [-0.2, -0.15) is 0 Å². The highest BCUT2D eigenvalue weighted by Gasteiger charge is 2.14. The van der Waals surface area contributed by atoms with E-state index in [2.05, 4.69) is 36.1 Å². The molecule has 32 heavy (non-hydrogen) atoms. The Labute approximate surface area is 187 Å². The van der Waals surface area contributed by atoms with Gasteiger partial charge in [-0.25, -0.2) is 4.98 Å². The molecule has 4 rings (SSSR count). The summed E-state index contributed by atoms with van der Waals surface area (Å²) in [6.45, 7) is 6.36. The SMILES string of the molecule is COc1ccc(-c2nc3ccccc3[nH]2)cc1NC(=O)COc1ccc(C(C)(C)C)cc1. The van der Waals surface area contributed by atoms with Crippen LogP contribution in [0.1, 0.15) is 26.3 Å². The fraction of sp³-hybridized carbons (Fsp3) is 0.231. The molecule has 0 unspecified atom stereocenters. The summed E-state index contributed by atoms with van der Waals surface area (Å²) in [6, 6.07) is 21.2. The number of carbonyl (C=O) groups is 1. The van der Waals surface area contributed by atoms with Crippen molar-refractivity contribution in [1.82, 2.24) is 9.97 Å². The number of hydrogen-bond acceptors (Lipinski definition) is 4. The standard InChI is InChI=1S/C26H27N3O3/c1-26(2,3)18-10-12-19(13-11-18)32-16-24(30)27-22-15-17(9-14-23(22)31-4)25-28-20-7-5-6-8-21(20)29-25/h5-15H,16H2,1-4H3,(H,27,30)(H,28,29). The number of nitrogens with one attached hydrogen (secondary N) is 2. The van der Waals surface area contributed by atoms with Crippen LogP contribution in [0.5, 0.6) is 11.5 Å². The second-order valence-electron chi connectivity index (χ2n) is 8.63. The number of aromatic nitrogens is 2. The van der Waals surface area contributed by atoms with Gasteiger partial charge in [0.2, 0.25) is 0 Å². The van der Waals surface area contributed by atoms with E-state index in [-0.39, 0.29) is 17.9 Å². The highest BCUT2D eigenvalue weighted by molar-refractivity contribution is 5.94. The molecule has 0 saturated carbocycles.